The monoisotopic (exact) mass is 285 g/mol. The lowest BCUT2D eigenvalue weighted by Gasteiger charge is -2.31. The molecular weight excluding hydrogens is 262 g/mol. The predicted octanol–water partition coefficient (Wildman–Crippen LogP) is 2.74. The Hall–Kier alpha value is -1.60. The van der Waals surface area contributed by atoms with Crippen molar-refractivity contribution in [1.82, 2.24) is 10.3 Å². The predicted molar refractivity (Wildman–Crippen MR) is 81.3 cm³/mol. The first kappa shape index (κ1) is 14.3. The molecule has 0 bridgehead atoms. The van der Waals surface area contributed by atoms with Crippen LogP contribution in [0.1, 0.15) is 55.3 Å². The van der Waals surface area contributed by atoms with Crippen LogP contribution in [0.3, 0.4) is 0 Å². The molecule has 3 rings (SSSR count). The van der Waals surface area contributed by atoms with E-state index in [1.54, 1.807) is 0 Å². The lowest BCUT2D eigenvalue weighted by Crippen LogP contribution is -2.43. The summed E-state index contributed by atoms with van der Waals surface area (Å²) >= 11 is 0. The van der Waals surface area contributed by atoms with Crippen LogP contribution >= 0.6 is 0 Å². The first-order chi connectivity index (χ1) is 10.3. The molecule has 112 valence electrons. The van der Waals surface area contributed by atoms with Crippen molar-refractivity contribution in [3.05, 3.63) is 22.9 Å². The maximum Gasteiger partial charge on any atom is 0.232 e. The first-order valence-corrected chi connectivity index (χ1v) is 8.08. The molecule has 2 atom stereocenters. The summed E-state index contributed by atoms with van der Waals surface area (Å²) in [7, 11) is 1.98. The van der Waals surface area contributed by atoms with Gasteiger partial charge in [0.2, 0.25) is 5.88 Å². The standard InChI is InChI=1S/C17H23N3O/c1-19-15-8-4-5-9-16(15)21-17-13(11-18)10-12-6-2-3-7-14(12)20-17/h10,15-16,19H,2-9H2,1H3. The number of nitrogens with one attached hydrogen (secondary N) is 1. The Morgan fingerprint density at radius 1 is 1.24 bits per heavy atom. The summed E-state index contributed by atoms with van der Waals surface area (Å²) in [5, 5.41) is 12.7. The Kier molecular flexibility index (Phi) is 4.40. The van der Waals surface area contributed by atoms with E-state index >= 15 is 0 Å². The number of nitrogens with zero attached hydrogens (tertiary/aromatic N) is 2. The molecule has 1 N–H and O–H groups in total. The SMILES string of the molecule is CNC1CCCCC1Oc1nc2c(cc1C#N)CCCC2. The van der Waals surface area contributed by atoms with Gasteiger partial charge in [0, 0.05) is 11.7 Å². The highest BCUT2D eigenvalue weighted by atomic mass is 16.5. The molecule has 1 aromatic rings. The van der Waals surface area contributed by atoms with Crippen LogP contribution in [0.2, 0.25) is 0 Å². The molecule has 0 aliphatic heterocycles. The van der Waals surface area contributed by atoms with Crippen molar-refractivity contribution in [3.8, 4) is 11.9 Å². The maximum absolute atomic E-state index is 9.39. The fourth-order valence-corrected chi connectivity index (χ4v) is 3.50. The third kappa shape index (κ3) is 3.03. The summed E-state index contributed by atoms with van der Waals surface area (Å²) < 4.78 is 6.15. The van der Waals surface area contributed by atoms with Crippen LogP contribution in [0.15, 0.2) is 6.07 Å². The second kappa shape index (κ2) is 6.44. The van der Waals surface area contributed by atoms with Crippen molar-refractivity contribution >= 4 is 0 Å². The summed E-state index contributed by atoms with van der Waals surface area (Å²) in [6.45, 7) is 0. The number of likely N-dealkylation sites (N-methyl/N-ethyl adjacent to an activating group) is 1. The molecule has 2 unspecified atom stereocenters. The van der Waals surface area contributed by atoms with E-state index in [2.05, 4.69) is 16.4 Å². The number of aromatic nitrogens is 1. The Labute approximate surface area is 126 Å². The van der Waals surface area contributed by atoms with Crippen LogP contribution in [-0.2, 0) is 12.8 Å². The van der Waals surface area contributed by atoms with Gasteiger partial charge >= 0.3 is 0 Å². The van der Waals surface area contributed by atoms with E-state index in [4.69, 9.17) is 4.74 Å². The normalized spacial score (nSPS) is 25.0. The summed E-state index contributed by atoms with van der Waals surface area (Å²) in [5.74, 6) is 0.547. The Morgan fingerprint density at radius 3 is 2.86 bits per heavy atom. The number of nitriles is 1. The van der Waals surface area contributed by atoms with Gasteiger partial charge in [-0.15, -0.1) is 0 Å². The second-order valence-electron chi connectivity index (χ2n) is 6.10. The third-order valence-electron chi connectivity index (χ3n) is 4.72. The van der Waals surface area contributed by atoms with Crippen molar-refractivity contribution in [2.24, 2.45) is 0 Å². The molecule has 1 fully saturated rings. The van der Waals surface area contributed by atoms with E-state index in [0.717, 1.165) is 31.4 Å². The van der Waals surface area contributed by atoms with Crippen LogP contribution in [0.25, 0.3) is 0 Å². The van der Waals surface area contributed by atoms with Gasteiger partial charge in [0.15, 0.2) is 0 Å². The van der Waals surface area contributed by atoms with Crippen LogP contribution in [-0.4, -0.2) is 24.2 Å². The number of pyridine rings is 1. The molecule has 1 saturated carbocycles. The Morgan fingerprint density at radius 2 is 2.05 bits per heavy atom. The van der Waals surface area contributed by atoms with Gasteiger partial charge in [-0.3, -0.25) is 0 Å². The topological polar surface area (TPSA) is 57.9 Å². The molecule has 2 aliphatic rings. The number of aryl methyl sites for hydroxylation is 2. The Balaban J connectivity index is 1.85. The molecular formula is C17H23N3O. The van der Waals surface area contributed by atoms with Crippen LogP contribution in [0, 0.1) is 11.3 Å². The molecule has 2 aliphatic carbocycles. The molecule has 0 saturated heterocycles. The molecule has 0 aromatic carbocycles. The van der Waals surface area contributed by atoms with E-state index < -0.39 is 0 Å². The van der Waals surface area contributed by atoms with Crippen molar-refractivity contribution in [3.63, 3.8) is 0 Å². The highest BCUT2D eigenvalue weighted by Gasteiger charge is 2.27. The molecule has 0 radical (unpaired) electrons. The summed E-state index contributed by atoms with van der Waals surface area (Å²) in [4.78, 5) is 4.67. The molecule has 1 heterocycles. The van der Waals surface area contributed by atoms with Gasteiger partial charge < -0.3 is 10.1 Å². The van der Waals surface area contributed by atoms with E-state index in [1.807, 2.05) is 13.1 Å². The van der Waals surface area contributed by atoms with Crippen LogP contribution in [0.4, 0.5) is 0 Å². The molecule has 4 nitrogen and oxygen atoms in total. The minimum Gasteiger partial charge on any atom is -0.472 e. The Bertz CT molecular complexity index is 550. The van der Waals surface area contributed by atoms with Crippen LogP contribution < -0.4 is 10.1 Å². The zero-order valence-electron chi connectivity index (χ0n) is 12.7. The molecule has 21 heavy (non-hydrogen) atoms. The maximum atomic E-state index is 9.39. The van der Waals surface area contributed by atoms with Gasteiger partial charge in [0.1, 0.15) is 17.7 Å². The van der Waals surface area contributed by atoms with Crippen molar-refractivity contribution in [1.29, 1.82) is 5.26 Å². The lowest BCUT2D eigenvalue weighted by atomic mass is 9.92. The molecule has 0 amide bonds. The molecule has 1 aromatic heterocycles. The quantitative estimate of drug-likeness (QED) is 0.927. The van der Waals surface area contributed by atoms with E-state index in [9.17, 15) is 5.26 Å². The van der Waals surface area contributed by atoms with Crippen molar-refractivity contribution < 1.29 is 4.74 Å². The zero-order valence-corrected chi connectivity index (χ0v) is 12.7. The number of rotatable bonds is 3. The van der Waals surface area contributed by atoms with Crippen molar-refractivity contribution in [2.45, 2.75) is 63.5 Å². The minimum atomic E-state index is 0.130. The van der Waals surface area contributed by atoms with Gasteiger partial charge in [-0.2, -0.15) is 5.26 Å². The van der Waals surface area contributed by atoms with E-state index in [-0.39, 0.29) is 6.10 Å². The summed E-state index contributed by atoms with van der Waals surface area (Å²) in [6, 6.07) is 4.62. The molecule has 4 heteroatoms. The van der Waals surface area contributed by atoms with Crippen LogP contribution in [0.5, 0.6) is 5.88 Å². The highest BCUT2D eigenvalue weighted by molar-refractivity contribution is 5.43. The van der Waals surface area contributed by atoms with Gasteiger partial charge in [0.05, 0.1) is 0 Å². The third-order valence-corrected chi connectivity index (χ3v) is 4.72. The number of hydrogen-bond acceptors (Lipinski definition) is 4. The number of fused-ring (bicyclic) bond motifs is 1. The zero-order chi connectivity index (χ0) is 14.7. The molecule has 0 spiro atoms. The number of hydrogen-bond donors (Lipinski definition) is 1. The van der Waals surface area contributed by atoms with Gasteiger partial charge in [-0.1, -0.05) is 6.42 Å². The van der Waals surface area contributed by atoms with E-state index in [0.29, 0.717) is 17.5 Å². The first-order valence-electron chi connectivity index (χ1n) is 8.08. The fourth-order valence-electron chi connectivity index (χ4n) is 3.50. The van der Waals surface area contributed by atoms with Crippen molar-refractivity contribution in [2.75, 3.05) is 7.05 Å². The highest BCUT2D eigenvalue weighted by Crippen LogP contribution is 2.29. The average Bonchev–Trinajstić information content (AvgIpc) is 2.54. The summed E-state index contributed by atoms with van der Waals surface area (Å²) in [5.41, 5.74) is 2.96. The smallest absolute Gasteiger partial charge is 0.232 e. The summed E-state index contributed by atoms with van der Waals surface area (Å²) in [6.07, 6.45) is 9.17. The fraction of sp³-hybridized carbons (Fsp3) is 0.647. The largest absolute Gasteiger partial charge is 0.472 e. The van der Waals surface area contributed by atoms with Gasteiger partial charge in [-0.05, 0) is 63.6 Å². The average molecular weight is 285 g/mol. The minimum absolute atomic E-state index is 0.130. The number of ether oxygens (including phenoxy) is 1. The van der Waals surface area contributed by atoms with Gasteiger partial charge in [-0.25, -0.2) is 4.98 Å². The second-order valence-corrected chi connectivity index (χ2v) is 6.10. The van der Waals surface area contributed by atoms with Gasteiger partial charge in [0.25, 0.3) is 0 Å². The van der Waals surface area contributed by atoms with E-state index in [1.165, 1.54) is 31.2 Å². The lowest BCUT2D eigenvalue weighted by molar-refractivity contribution is 0.112.